The topological polar surface area (TPSA) is 160 Å². The molecule has 3 aromatic carbocycles. The first-order valence-corrected chi connectivity index (χ1v) is 28.4. The summed E-state index contributed by atoms with van der Waals surface area (Å²) >= 11 is 0. The van der Waals surface area contributed by atoms with Crippen molar-refractivity contribution < 1.29 is 41.8 Å². The number of hydrogen-bond acceptors (Lipinski definition) is 11. The van der Waals surface area contributed by atoms with E-state index in [2.05, 4.69) is 76.1 Å². The zero-order valence-electron chi connectivity index (χ0n) is 38.4. The molecule has 344 valence electrons. The number of benzene rings is 3. The summed E-state index contributed by atoms with van der Waals surface area (Å²) in [5.41, 5.74) is -0.481. The third-order valence-electron chi connectivity index (χ3n) is 13.2. The standard InChI is InChI=1S/C47H64N5O9PSi2/c1-45(2,3)63(7,8)59-41-38(34-57-64(46(4,5)6,36-24-15-10-16-25-36)37-26-17-11-18-27-37)58-43(51-31-29-39(50-44(51)54)49-42(53)35-22-13-9-14-23-35)47(41,55)60-62(56)61-52-32-20-12-19-28-40(52)48-30-21-33-52/h9-11,13-18,22-27,29,31,38,41,43,55,62H,12,19-21,28,30,32-34H2,1-8H3/p+1/t38-,41?,43-,47?,52?/m1/s1. The second kappa shape index (κ2) is 19.1. The highest BCUT2D eigenvalue weighted by Crippen LogP contribution is 2.51. The summed E-state index contributed by atoms with van der Waals surface area (Å²) in [4.78, 5) is 36.3. The molecule has 1 aromatic heterocycles. The van der Waals surface area contributed by atoms with Crippen LogP contribution in [-0.4, -0.2) is 91.9 Å². The van der Waals surface area contributed by atoms with Gasteiger partial charge in [-0.15, -0.1) is 9.27 Å². The molecule has 0 bridgehead atoms. The van der Waals surface area contributed by atoms with E-state index >= 15 is 0 Å². The molecule has 3 aliphatic heterocycles. The Labute approximate surface area is 379 Å². The first-order chi connectivity index (χ1) is 30.3. The zero-order chi connectivity index (χ0) is 46.0. The number of hydroxylamine groups is 3. The Balaban J connectivity index is 1.33. The summed E-state index contributed by atoms with van der Waals surface area (Å²) in [5.74, 6) is -2.23. The fraction of sp³-hybridized carbons (Fsp3) is 0.489. The number of aromatic nitrogens is 2. The van der Waals surface area contributed by atoms with Gasteiger partial charge in [0, 0.05) is 24.6 Å². The first-order valence-electron chi connectivity index (χ1n) is 22.4. The van der Waals surface area contributed by atoms with Gasteiger partial charge >= 0.3 is 13.9 Å². The quantitative estimate of drug-likeness (QED) is 0.0559. The van der Waals surface area contributed by atoms with Gasteiger partial charge in [-0.05, 0) is 71.0 Å². The van der Waals surface area contributed by atoms with E-state index in [9.17, 15) is 19.3 Å². The predicted octanol–water partition coefficient (Wildman–Crippen LogP) is 7.58. The molecule has 0 spiro atoms. The van der Waals surface area contributed by atoms with E-state index in [-0.39, 0.29) is 22.1 Å². The van der Waals surface area contributed by atoms with Crippen LogP contribution in [0.15, 0.2) is 113 Å². The molecule has 14 nitrogen and oxygen atoms in total. The Kier molecular flexibility index (Phi) is 14.3. The van der Waals surface area contributed by atoms with Crippen LogP contribution in [0.4, 0.5) is 5.82 Å². The first kappa shape index (κ1) is 48.0. The summed E-state index contributed by atoms with van der Waals surface area (Å²) in [7, 11) is -9.65. The molecule has 3 aliphatic rings. The molecule has 4 heterocycles. The Morgan fingerprint density at radius 1 is 0.891 bits per heavy atom. The Bertz CT molecular complexity index is 2320. The van der Waals surface area contributed by atoms with E-state index < -0.39 is 65.7 Å². The Morgan fingerprint density at radius 2 is 1.50 bits per heavy atom. The van der Waals surface area contributed by atoms with Crippen molar-refractivity contribution in [3.05, 3.63) is 119 Å². The second-order valence-corrected chi connectivity index (χ2v) is 29.6. The van der Waals surface area contributed by atoms with Gasteiger partial charge in [-0.25, -0.2) is 9.79 Å². The van der Waals surface area contributed by atoms with Crippen LogP contribution < -0.4 is 21.4 Å². The number of amidine groups is 1. The van der Waals surface area contributed by atoms with Crippen LogP contribution in [0.5, 0.6) is 0 Å². The molecule has 0 saturated carbocycles. The van der Waals surface area contributed by atoms with Crippen LogP contribution in [-0.2, 0) is 27.3 Å². The highest BCUT2D eigenvalue weighted by molar-refractivity contribution is 7.33. The number of aliphatic imine (C=N–C) groups is 1. The predicted molar refractivity (Wildman–Crippen MR) is 254 cm³/mol. The van der Waals surface area contributed by atoms with E-state index in [1.807, 2.05) is 49.5 Å². The third-order valence-corrected chi connectivity index (χ3v) is 23.7. The molecule has 64 heavy (non-hydrogen) atoms. The number of nitrogens with one attached hydrogen (secondary N) is 1. The van der Waals surface area contributed by atoms with Gasteiger partial charge in [0.25, 0.3) is 14.2 Å². The van der Waals surface area contributed by atoms with Crippen molar-refractivity contribution in [2.75, 3.05) is 31.6 Å². The summed E-state index contributed by atoms with van der Waals surface area (Å²) in [6.45, 7) is 18.5. The maximum Gasteiger partial charge on any atom is 0.375 e. The van der Waals surface area contributed by atoms with E-state index in [4.69, 9.17) is 27.7 Å². The van der Waals surface area contributed by atoms with Gasteiger partial charge in [0.2, 0.25) is 11.6 Å². The number of aliphatic hydroxyl groups is 1. The highest BCUT2D eigenvalue weighted by atomic mass is 31.1. The van der Waals surface area contributed by atoms with Gasteiger partial charge in [0.05, 0.1) is 13.2 Å². The lowest BCUT2D eigenvalue weighted by Gasteiger charge is -2.45. The number of quaternary nitrogens is 1. The van der Waals surface area contributed by atoms with Crippen LogP contribution in [0.1, 0.15) is 90.2 Å². The van der Waals surface area contributed by atoms with Gasteiger partial charge in [0.15, 0.2) is 14.5 Å². The largest absolute Gasteiger partial charge is 0.406 e. The van der Waals surface area contributed by atoms with Crippen LogP contribution in [0, 0.1) is 0 Å². The van der Waals surface area contributed by atoms with Crippen LogP contribution in [0.2, 0.25) is 23.2 Å². The van der Waals surface area contributed by atoms with E-state index in [1.165, 1.54) is 12.3 Å². The van der Waals surface area contributed by atoms with Crippen molar-refractivity contribution in [1.82, 2.24) is 9.55 Å². The minimum atomic E-state index is -3.60. The van der Waals surface area contributed by atoms with Crippen molar-refractivity contribution >= 4 is 52.8 Å². The SMILES string of the molecule is CC(C)(C)[Si](C)(C)OC1[C@@H](CO[Si](c2ccccc2)(c2ccccc2)C(C)(C)C)O[C@@H](n2ccc(NC(=O)c3ccccc3)nc2=O)C1(O)O[PH](=O)O[N+]12CCCCCC1=NCCC2. The number of nitrogens with zero attached hydrogens (tertiary/aromatic N) is 4. The highest BCUT2D eigenvalue weighted by Gasteiger charge is 2.64. The lowest BCUT2D eigenvalue weighted by atomic mass is 10.1. The summed E-state index contributed by atoms with van der Waals surface area (Å²) in [6.07, 6.45) is 1.53. The fourth-order valence-electron chi connectivity index (χ4n) is 8.89. The molecule has 7 rings (SSSR count). The van der Waals surface area contributed by atoms with E-state index in [1.54, 1.807) is 30.3 Å². The molecule has 4 aromatic rings. The minimum absolute atomic E-state index is 0.0102. The van der Waals surface area contributed by atoms with Crippen LogP contribution in [0.25, 0.3) is 0 Å². The van der Waals surface area contributed by atoms with Gasteiger partial charge in [-0.2, -0.15) is 4.98 Å². The smallest absolute Gasteiger partial charge is 0.375 e. The van der Waals surface area contributed by atoms with Crippen molar-refractivity contribution in [1.29, 1.82) is 0 Å². The number of amides is 1. The maximum absolute atomic E-state index is 14.7. The number of fused-ring (bicyclic) bond motifs is 1. The molecule has 17 heteroatoms. The average Bonchev–Trinajstić information content (AvgIpc) is 3.36. The molecule has 2 saturated heterocycles. The number of rotatable bonds is 14. The number of ether oxygens (including phenoxy) is 1. The molecular weight excluding hydrogens is 866 g/mol. The number of carbonyl (C=O) groups is 1. The fourth-order valence-corrected chi connectivity index (χ4v) is 15.9. The number of anilines is 1. The van der Waals surface area contributed by atoms with Crippen molar-refractivity contribution in [2.24, 2.45) is 4.99 Å². The van der Waals surface area contributed by atoms with Gasteiger partial charge in [-0.3, -0.25) is 18.5 Å². The molecule has 6 atom stereocenters. The lowest BCUT2D eigenvalue weighted by molar-refractivity contribution is -1.01. The molecule has 2 fully saturated rings. The molecular formula is C47H65N5O9PSi2+. The summed E-state index contributed by atoms with van der Waals surface area (Å²) < 4.78 is 50.0. The molecule has 2 N–H and O–H groups in total. The molecule has 4 unspecified atom stereocenters. The van der Waals surface area contributed by atoms with Gasteiger partial charge in [0.1, 0.15) is 31.1 Å². The number of hydrogen-bond donors (Lipinski definition) is 2. The minimum Gasteiger partial charge on any atom is -0.406 e. The maximum atomic E-state index is 14.7. The normalized spacial score (nSPS) is 24.9. The Morgan fingerprint density at radius 3 is 2.09 bits per heavy atom. The third kappa shape index (κ3) is 9.78. The van der Waals surface area contributed by atoms with Gasteiger partial charge in [-0.1, -0.05) is 120 Å². The summed E-state index contributed by atoms with van der Waals surface area (Å²) in [6, 6.07) is 30.3. The second-order valence-electron chi connectivity index (χ2n) is 19.6. The molecule has 0 radical (unpaired) electrons. The van der Waals surface area contributed by atoms with Crippen molar-refractivity contribution in [2.45, 2.75) is 121 Å². The summed E-state index contributed by atoms with van der Waals surface area (Å²) in [5, 5.41) is 17.4. The van der Waals surface area contributed by atoms with Crippen LogP contribution >= 0.6 is 8.25 Å². The zero-order valence-corrected chi connectivity index (χ0v) is 41.4. The van der Waals surface area contributed by atoms with Gasteiger partial charge < -0.3 is 24.0 Å². The monoisotopic (exact) mass is 930 g/mol. The average molecular weight is 931 g/mol. The van der Waals surface area contributed by atoms with Crippen molar-refractivity contribution in [3.8, 4) is 0 Å². The Hall–Kier alpha value is -3.94. The lowest BCUT2D eigenvalue weighted by Crippen LogP contribution is -2.67. The van der Waals surface area contributed by atoms with E-state index in [0.717, 1.165) is 46.5 Å². The van der Waals surface area contributed by atoms with Crippen molar-refractivity contribution in [3.63, 3.8) is 0 Å². The molecule has 0 aliphatic carbocycles. The van der Waals surface area contributed by atoms with E-state index in [0.29, 0.717) is 31.6 Å². The molecule has 1 amide bonds. The van der Waals surface area contributed by atoms with Crippen LogP contribution in [0.3, 0.4) is 0 Å². The number of carbonyl (C=O) groups excluding carboxylic acids is 1.